The molecule has 1 aromatic heterocycles. The molecular formula is C12H18N2O2. The van der Waals surface area contributed by atoms with E-state index in [0.29, 0.717) is 17.9 Å². The molecule has 1 aromatic rings. The predicted octanol–water partition coefficient (Wildman–Crippen LogP) is 1.66. The van der Waals surface area contributed by atoms with Crippen molar-refractivity contribution in [2.45, 2.75) is 26.3 Å². The van der Waals surface area contributed by atoms with Crippen LogP contribution in [0.4, 0.5) is 0 Å². The molecule has 1 heterocycles. The summed E-state index contributed by atoms with van der Waals surface area (Å²) in [5.41, 5.74) is 0.498. The minimum absolute atomic E-state index is 0.0151. The van der Waals surface area contributed by atoms with Crippen LogP contribution >= 0.6 is 0 Å². The summed E-state index contributed by atoms with van der Waals surface area (Å²) in [5, 5.41) is 3.14. The Hall–Kier alpha value is -1.42. The molecule has 1 N–H and O–H groups in total. The van der Waals surface area contributed by atoms with Crippen molar-refractivity contribution in [3.63, 3.8) is 0 Å². The van der Waals surface area contributed by atoms with E-state index in [-0.39, 0.29) is 11.3 Å². The predicted molar refractivity (Wildman–Crippen MR) is 62.9 cm³/mol. The molecule has 16 heavy (non-hydrogen) atoms. The molecule has 0 saturated heterocycles. The standard InChI is InChI=1S/C12H18N2O2/c1-12(2,3)14-8-11(15)9-5-10(16-4)7-13-6-9/h5-7,14H,8H2,1-4H3. The van der Waals surface area contributed by atoms with Crippen LogP contribution < -0.4 is 10.1 Å². The molecule has 0 fully saturated rings. The quantitative estimate of drug-likeness (QED) is 0.787. The number of carbonyl (C=O) groups is 1. The van der Waals surface area contributed by atoms with Crippen molar-refractivity contribution in [3.05, 3.63) is 24.0 Å². The molecule has 0 aromatic carbocycles. The number of hydrogen-bond donors (Lipinski definition) is 1. The highest BCUT2D eigenvalue weighted by molar-refractivity contribution is 5.97. The first kappa shape index (κ1) is 12.6. The first-order chi connectivity index (χ1) is 7.42. The van der Waals surface area contributed by atoms with Gasteiger partial charge in [0, 0.05) is 17.3 Å². The zero-order valence-electron chi connectivity index (χ0n) is 10.2. The maximum atomic E-state index is 11.8. The van der Waals surface area contributed by atoms with Crippen LogP contribution in [0, 0.1) is 0 Å². The lowest BCUT2D eigenvalue weighted by atomic mass is 10.1. The Kier molecular flexibility index (Phi) is 4.01. The zero-order chi connectivity index (χ0) is 12.2. The van der Waals surface area contributed by atoms with Gasteiger partial charge in [-0.2, -0.15) is 0 Å². The van der Waals surface area contributed by atoms with Crippen LogP contribution in [0.25, 0.3) is 0 Å². The lowest BCUT2D eigenvalue weighted by Gasteiger charge is -2.19. The number of hydrogen-bond acceptors (Lipinski definition) is 4. The first-order valence-corrected chi connectivity index (χ1v) is 5.19. The summed E-state index contributed by atoms with van der Waals surface area (Å²) in [6, 6.07) is 1.69. The monoisotopic (exact) mass is 222 g/mol. The summed E-state index contributed by atoms with van der Waals surface area (Å²) in [6.07, 6.45) is 3.13. The van der Waals surface area contributed by atoms with E-state index < -0.39 is 0 Å². The van der Waals surface area contributed by atoms with Crippen molar-refractivity contribution in [2.75, 3.05) is 13.7 Å². The molecule has 0 radical (unpaired) electrons. The second-order valence-electron chi connectivity index (χ2n) is 4.64. The summed E-state index contributed by atoms with van der Waals surface area (Å²) in [5.74, 6) is 0.614. The van der Waals surface area contributed by atoms with Gasteiger partial charge >= 0.3 is 0 Å². The van der Waals surface area contributed by atoms with E-state index >= 15 is 0 Å². The highest BCUT2D eigenvalue weighted by Gasteiger charge is 2.13. The highest BCUT2D eigenvalue weighted by Crippen LogP contribution is 2.10. The van der Waals surface area contributed by atoms with Crippen molar-refractivity contribution < 1.29 is 9.53 Å². The zero-order valence-corrected chi connectivity index (χ0v) is 10.2. The fourth-order valence-electron chi connectivity index (χ4n) is 1.13. The van der Waals surface area contributed by atoms with Crippen LogP contribution in [0.2, 0.25) is 0 Å². The van der Waals surface area contributed by atoms with Crippen LogP contribution in [0.1, 0.15) is 31.1 Å². The third-order valence-electron chi connectivity index (χ3n) is 2.05. The van der Waals surface area contributed by atoms with E-state index in [9.17, 15) is 4.79 Å². The molecule has 0 bridgehead atoms. The Bertz CT molecular complexity index is 370. The fourth-order valence-corrected chi connectivity index (χ4v) is 1.13. The Morgan fingerprint density at radius 1 is 1.44 bits per heavy atom. The average molecular weight is 222 g/mol. The summed E-state index contributed by atoms with van der Waals surface area (Å²) < 4.78 is 5.02. The van der Waals surface area contributed by atoms with Gasteiger partial charge in [-0.05, 0) is 26.8 Å². The molecule has 0 aliphatic carbocycles. The SMILES string of the molecule is COc1cncc(C(=O)CNC(C)(C)C)c1. The van der Waals surface area contributed by atoms with Crippen molar-refractivity contribution in [3.8, 4) is 5.75 Å². The Morgan fingerprint density at radius 2 is 2.12 bits per heavy atom. The normalized spacial score (nSPS) is 11.2. The smallest absolute Gasteiger partial charge is 0.178 e. The minimum Gasteiger partial charge on any atom is -0.495 e. The van der Waals surface area contributed by atoms with E-state index in [4.69, 9.17) is 4.74 Å². The average Bonchev–Trinajstić information content (AvgIpc) is 2.25. The Morgan fingerprint density at radius 3 is 2.69 bits per heavy atom. The summed E-state index contributed by atoms with van der Waals surface area (Å²) >= 11 is 0. The van der Waals surface area contributed by atoms with Gasteiger partial charge in [-0.3, -0.25) is 9.78 Å². The van der Waals surface area contributed by atoms with Gasteiger partial charge in [-0.25, -0.2) is 0 Å². The van der Waals surface area contributed by atoms with Crippen molar-refractivity contribution in [1.29, 1.82) is 0 Å². The number of ether oxygens (including phenoxy) is 1. The number of carbonyl (C=O) groups excluding carboxylic acids is 1. The van der Waals surface area contributed by atoms with Gasteiger partial charge in [0.05, 0.1) is 19.9 Å². The van der Waals surface area contributed by atoms with Crippen LogP contribution in [0.3, 0.4) is 0 Å². The Labute approximate surface area is 96.0 Å². The second-order valence-corrected chi connectivity index (χ2v) is 4.64. The van der Waals surface area contributed by atoms with Crippen LogP contribution in [0.5, 0.6) is 5.75 Å². The molecule has 0 atom stereocenters. The van der Waals surface area contributed by atoms with Gasteiger partial charge in [0.25, 0.3) is 0 Å². The van der Waals surface area contributed by atoms with Gasteiger partial charge in [-0.15, -0.1) is 0 Å². The van der Waals surface area contributed by atoms with E-state index in [1.54, 1.807) is 25.6 Å². The molecule has 0 spiro atoms. The third kappa shape index (κ3) is 3.98. The third-order valence-corrected chi connectivity index (χ3v) is 2.05. The van der Waals surface area contributed by atoms with E-state index in [1.165, 1.54) is 0 Å². The van der Waals surface area contributed by atoms with Gasteiger partial charge < -0.3 is 10.1 Å². The molecular weight excluding hydrogens is 204 g/mol. The number of aromatic nitrogens is 1. The van der Waals surface area contributed by atoms with E-state index in [0.717, 1.165) is 0 Å². The molecule has 0 aliphatic rings. The number of methoxy groups -OCH3 is 1. The number of ketones is 1. The molecule has 0 saturated carbocycles. The second kappa shape index (κ2) is 5.07. The molecule has 0 unspecified atom stereocenters. The fraction of sp³-hybridized carbons (Fsp3) is 0.500. The number of rotatable bonds is 4. The van der Waals surface area contributed by atoms with E-state index in [1.807, 2.05) is 20.8 Å². The van der Waals surface area contributed by atoms with Crippen molar-refractivity contribution in [2.24, 2.45) is 0 Å². The van der Waals surface area contributed by atoms with Crippen molar-refractivity contribution in [1.82, 2.24) is 10.3 Å². The van der Waals surface area contributed by atoms with Gasteiger partial charge in [0.2, 0.25) is 0 Å². The molecule has 0 aliphatic heterocycles. The molecule has 88 valence electrons. The number of nitrogens with one attached hydrogen (secondary N) is 1. The van der Waals surface area contributed by atoms with Crippen LogP contribution in [0.15, 0.2) is 18.5 Å². The van der Waals surface area contributed by atoms with Crippen LogP contribution in [-0.4, -0.2) is 30.0 Å². The number of nitrogens with zero attached hydrogens (tertiary/aromatic N) is 1. The van der Waals surface area contributed by atoms with Crippen molar-refractivity contribution >= 4 is 5.78 Å². The lowest BCUT2D eigenvalue weighted by molar-refractivity contribution is 0.0981. The first-order valence-electron chi connectivity index (χ1n) is 5.19. The van der Waals surface area contributed by atoms with Crippen LogP contribution in [-0.2, 0) is 0 Å². The number of Topliss-reactive ketones (excluding diaryl/α,β-unsaturated/α-hetero) is 1. The largest absolute Gasteiger partial charge is 0.495 e. The lowest BCUT2D eigenvalue weighted by Crippen LogP contribution is -2.39. The summed E-state index contributed by atoms with van der Waals surface area (Å²) in [6.45, 7) is 6.36. The van der Waals surface area contributed by atoms with Gasteiger partial charge in [-0.1, -0.05) is 0 Å². The Balaban J connectivity index is 2.66. The molecule has 4 nitrogen and oxygen atoms in total. The topological polar surface area (TPSA) is 51.2 Å². The maximum Gasteiger partial charge on any atom is 0.178 e. The maximum absolute atomic E-state index is 11.8. The molecule has 4 heteroatoms. The van der Waals surface area contributed by atoms with E-state index in [2.05, 4.69) is 10.3 Å². The molecule has 1 rings (SSSR count). The van der Waals surface area contributed by atoms with Gasteiger partial charge in [0.1, 0.15) is 5.75 Å². The minimum atomic E-state index is -0.0675. The summed E-state index contributed by atoms with van der Waals surface area (Å²) in [7, 11) is 1.55. The summed E-state index contributed by atoms with van der Waals surface area (Å²) in [4.78, 5) is 15.7. The number of pyridine rings is 1. The van der Waals surface area contributed by atoms with Gasteiger partial charge in [0.15, 0.2) is 5.78 Å². The molecule has 0 amide bonds. The highest BCUT2D eigenvalue weighted by atomic mass is 16.5.